The molecule has 18 heavy (non-hydrogen) atoms. The molecule has 0 radical (unpaired) electrons. The van der Waals surface area contributed by atoms with Gasteiger partial charge in [-0.25, -0.2) is 0 Å². The van der Waals surface area contributed by atoms with E-state index < -0.39 is 0 Å². The van der Waals surface area contributed by atoms with Crippen LogP contribution in [0.1, 0.15) is 28.8 Å². The van der Waals surface area contributed by atoms with E-state index in [4.69, 9.17) is 0 Å². The minimum atomic E-state index is 0.809. The molecule has 0 bridgehead atoms. The van der Waals surface area contributed by atoms with Crippen molar-refractivity contribution in [3.8, 4) is 0 Å². The molecule has 3 rings (SSSR count). The van der Waals surface area contributed by atoms with Crippen molar-refractivity contribution in [2.24, 2.45) is 5.92 Å². The maximum absolute atomic E-state index is 3.58. The second-order valence-corrected chi connectivity index (χ2v) is 5.80. The molecule has 1 aliphatic heterocycles. The predicted octanol–water partition coefficient (Wildman–Crippen LogP) is 3.25. The van der Waals surface area contributed by atoms with Crippen molar-refractivity contribution in [2.45, 2.75) is 33.6 Å². The maximum atomic E-state index is 3.58. The van der Waals surface area contributed by atoms with Crippen LogP contribution in [0.3, 0.4) is 0 Å². The standard InChI is InChI=1S/C16H22N2/c1-10-6-11(2)16-15(7-10)14(12(3)18-16)8-13-4-5-17-9-13/h6-7,13,17-18H,4-5,8-9H2,1-3H3. The average Bonchev–Trinajstić information content (AvgIpc) is 2.91. The van der Waals surface area contributed by atoms with E-state index in [1.165, 1.54) is 59.2 Å². The predicted molar refractivity (Wildman–Crippen MR) is 77.2 cm³/mol. The summed E-state index contributed by atoms with van der Waals surface area (Å²) in [4.78, 5) is 3.58. The molecule has 1 aromatic heterocycles. The summed E-state index contributed by atoms with van der Waals surface area (Å²) in [6, 6.07) is 4.60. The first-order valence-electron chi connectivity index (χ1n) is 6.94. The van der Waals surface area contributed by atoms with Gasteiger partial charge in [0.25, 0.3) is 0 Å². The van der Waals surface area contributed by atoms with Gasteiger partial charge in [0.05, 0.1) is 0 Å². The molecule has 2 aromatic rings. The third kappa shape index (κ3) is 1.95. The van der Waals surface area contributed by atoms with Gasteiger partial charge in [-0.2, -0.15) is 0 Å². The molecular weight excluding hydrogens is 220 g/mol. The van der Waals surface area contributed by atoms with E-state index in [0.29, 0.717) is 0 Å². The molecule has 1 atom stereocenters. The van der Waals surface area contributed by atoms with Crippen molar-refractivity contribution in [1.29, 1.82) is 0 Å². The van der Waals surface area contributed by atoms with Crippen LogP contribution in [0, 0.1) is 26.7 Å². The highest BCUT2D eigenvalue weighted by Crippen LogP contribution is 2.29. The van der Waals surface area contributed by atoms with E-state index in [0.717, 1.165) is 5.92 Å². The number of hydrogen-bond acceptors (Lipinski definition) is 1. The molecule has 0 spiro atoms. The zero-order valence-electron chi connectivity index (χ0n) is 11.6. The smallest absolute Gasteiger partial charge is 0.0488 e. The highest BCUT2D eigenvalue weighted by Gasteiger charge is 2.19. The summed E-state index contributed by atoms with van der Waals surface area (Å²) in [5, 5.41) is 4.91. The molecule has 2 nitrogen and oxygen atoms in total. The van der Waals surface area contributed by atoms with Crippen molar-refractivity contribution in [2.75, 3.05) is 13.1 Å². The first kappa shape index (κ1) is 11.8. The lowest BCUT2D eigenvalue weighted by molar-refractivity contribution is 0.580. The number of aromatic nitrogens is 1. The molecule has 0 saturated carbocycles. The Hall–Kier alpha value is -1.28. The van der Waals surface area contributed by atoms with Crippen LogP contribution in [-0.2, 0) is 6.42 Å². The molecule has 1 aromatic carbocycles. The SMILES string of the molecule is Cc1cc(C)c2[nH]c(C)c(CC3CCNC3)c2c1. The lowest BCUT2D eigenvalue weighted by Crippen LogP contribution is -2.11. The highest BCUT2D eigenvalue weighted by molar-refractivity contribution is 5.88. The Morgan fingerprint density at radius 2 is 2.06 bits per heavy atom. The molecular formula is C16H22N2. The van der Waals surface area contributed by atoms with Gasteiger partial charge in [0.15, 0.2) is 0 Å². The van der Waals surface area contributed by atoms with E-state index in [2.05, 4.69) is 43.2 Å². The molecule has 96 valence electrons. The van der Waals surface area contributed by atoms with Gasteiger partial charge in [-0.3, -0.25) is 0 Å². The van der Waals surface area contributed by atoms with Crippen molar-refractivity contribution >= 4 is 10.9 Å². The monoisotopic (exact) mass is 242 g/mol. The van der Waals surface area contributed by atoms with E-state index in [1.54, 1.807) is 0 Å². The van der Waals surface area contributed by atoms with Gasteiger partial charge < -0.3 is 10.3 Å². The number of rotatable bonds is 2. The first-order valence-corrected chi connectivity index (χ1v) is 6.94. The first-order chi connectivity index (χ1) is 8.65. The minimum absolute atomic E-state index is 0.809. The Labute approximate surface area is 109 Å². The number of aryl methyl sites for hydroxylation is 3. The van der Waals surface area contributed by atoms with E-state index in [9.17, 15) is 0 Å². The van der Waals surface area contributed by atoms with Gasteiger partial charge >= 0.3 is 0 Å². The largest absolute Gasteiger partial charge is 0.358 e. The van der Waals surface area contributed by atoms with Crippen LogP contribution in [0.5, 0.6) is 0 Å². The van der Waals surface area contributed by atoms with Crippen molar-refractivity contribution in [3.05, 3.63) is 34.5 Å². The van der Waals surface area contributed by atoms with E-state index in [-0.39, 0.29) is 0 Å². The second-order valence-electron chi connectivity index (χ2n) is 5.80. The number of benzene rings is 1. The fourth-order valence-corrected chi connectivity index (χ4v) is 3.28. The molecule has 2 heterocycles. The molecule has 1 fully saturated rings. The summed E-state index contributed by atoms with van der Waals surface area (Å²) >= 11 is 0. The zero-order chi connectivity index (χ0) is 12.7. The van der Waals surface area contributed by atoms with Crippen LogP contribution in [0.4, 0.5) is 0 Å². The lowest BCUT2D eigenvalue weighted by atomic mass is 9.95. The third-order valence-corrected chi connectivity index (χ3v) is 4.23. The van der Waals surface area contributed by atoms with Gasteiger partial charge in [-0.05, 0) is 69.8 Å². The normalized spacial score (nSPS) is 19.8. The van der Waals surface area contributed by atoms with Crippen LogP contribution in [0.2, 0.25) is 0 Å². The van der Waals surface area contributed by atoms with Crippen molar-refractivity contribution in [1.82, 2.24) is 10.3 Å². The Bertz CT molecular complexity index is 574. The van der Waals surface area contributed by atoms with Gasteiger partial charge in [0, 0.05) is 16.6 Å². The number of hydrogen-bond donors (Lipinski definition) is 2. The molecule has 1 saturated heterocycles. The second kappa shape index (κ2) is 4.43. The van der Waals surface area contributed by atoms with Gasteiger partial charge in [0.2, 0.25) is 0 Å². The van der Waals surface area contributed by atoms with Crippen LogP contribution in [-0.4, -0.2) is 18.1 Å². The minimum Gasteiger partial charge on any atom is -0.358 e. The van der Waals surface area contributed by atoms with Crippen LogP contribution < -0.4 is 5.32 Å². The fraction of sp³-hybridized carbons (Fsp3) is 0.500. The molecule has 2 N–H and O–H groups in total. The number of fused-ring (bicyclic) bond motifs is 1. The summed E-state index contributed by atoms with van der Waals surface area (Å²) in [7, 11) is 0. The summed E-state index contributed by atoms with van der Waals surface area (Å²) in [5.74, 6) is 0.809. The number of nitrogens with one attached hydrogen (secondary N) is 2. The molecule has 1 unspecified atom stereocenters. The summed E-state index contributed by atoms with van der Waals surface area (Å²) in [5.41, 5.74) is 6.95. The Balaban J connectivity index is 2.06. The molecule has 1 aliphatic rings. The highest BCUT2D eigenvalue weighted by atomic mass is 14.9. The van der Waals surface area contributed by atoms with Gasteiger partial charge in [-0.1, -0.05) is 11.6 Å². The van der Waals surface area contributed by atoms with Crippen molar-refractivity contribution in [3.63, 3.8) is 0 Å². The fourth-order valence-electron chi connectivity index (χ4n) is 3.28. The molecule has 2 heteroatoms. The van der Waals surface area contributed by atoms with E-state index >= 15 is 0 Å². The summed E-state index contributed by atoms with van der Waals surface area (Å²) < 4.78 is 0. The number of H-pyrrole nitrogens is 1. The Kier molecular flexibility index (Phi) is 2.90. The zero-order valence-corrected chi connectivity index (χ0v) is 11.6. The quantitative estimate of drug-likeness (QED) is 0.831. The lowest BCUT2D eigenvalue weighted by Gasteiger charge is -2.09. The molecule has 0 amide bonds. The third-order valence-electron chi connectivity index (χ3n) is 4.23. The molecule has 0 aliphatic carbocycles. The Morgan fingerprint density at radius 1 is 1.22 bits per heavy atom. The Morgan fingerprint density at radius 3 is 2.78 bits per heavy atom. The summed E-state index contributed by atoms with van der Waals surface area (Å²) in [6.45, 7) is 8.97. The topological polar surface area (TPSA) is 27.8 Å². The van der Waals surface area contributed by atoms with E-state index in [1.807, 2.05) is 0 Å². The van der Waals surface area contributed by atoms with Gasteiger partial charge in [0.1, 0.15) is 0 Å². The van der Waals surface area contributed by atoms with Crippen molar-refractivity contribution < 1.29 is 0 Å². The van der Waals surface area contributed by atoms with Crippen LogP contribution >= 0.6 is 0 Å². The number of aromatic amines is 1. The van der Waals surface area contributed by atoms with Gasteiger partial charge in [-0.15, -0.1) is 0 Å². The van der Waals surface area contributed by atoms with Crippen LogP contribution in [0.15, 0.2) is 12.1 Å². The summed E-state index contributed by atoms with van der Waals surface area (Å²) in [6.07, 6.45) is 2.53. The van der Waals surface area contributed by atoms with Crippen LogP contribution in [0.25, 0.3) is 10.9 Å². The average molecular weight is 242 g/mol. The maximum Gasteiger partial charge on any atom is 0.0488 e.